The Morgan fingerprint density at radius 1 is 1.03 bits per heavy atom. The number of anilines is 1. The van der Waals surface area contributed by atoms with Crippen LogP contribution in [-0.2, 0) is 23.8 Å². The van der Waals surface area contributed by atoms with Crippen LogP contribution in [0.2, 0.25) is 0 Å². The molecule has 2 aromatic heterocycles. The normalized spacial score (nSPS) is 12.5. The summed E-state index contributed by atoms with van der Waals surface area (Å²) in [5, 5.41) is 0. The van der Waals surface area contributed by atoms with Crippen LogP contribution in [-0.4, -0.2) is 24.5 Å². The number of hydrogen-bond donors (Lipinski definition) is 1. The first-order chi connectivity index (χ1) is 14.0. The number of benzene rings is 1. The van der Waals surface area contributed by atoms with Crippen LogP contribution in [0.3, 0.4) is 0 Å². The molecule has 0 aliphatic rings. The van der Waals surface area contributed by atoms with Crippen LogP contribution >= 0.6 is 0 Å². The third-order valence-corrected chi connectivity index (χ3v) is 6.90. The fourth-order valence-corrected chi connectivity index (χ4v) is 4.85. The molecule has 1 aromatic carbocycles. The first kappa shape index (κ1) is 21.5. The molecule has 6 heteroatoms. The summed E-state index contributed by atoms with van der Waals surface area (Å²) >= 11 is 0. The molecule has 0 radical (unpaired) electrons. The van der Waals surface area contributed by atoms with Crippen LogP contribution in [0.15, 0.2) is 35.2 Å². The van der Waals surface area contributed by atoms with Gasteiger partial charge in [0, 0.05) is 29.3 Å². The summed E-state index contributed by atoms with van der Waals surface area (Å²) in [5.41, 5.74) is 10.3. The van der Waals surface area contributed by atoms with Crippen LogP contribution in [0.4, 0.5) is 5.82 Å². The fourth-order valence-electron chi connectivity index (χ4n) is 3.68. The molecule has 2 heterocycles. The number of fused-ring (bicyclic) bond motifs is 1. The maximum Gasteiger partial charge on any atom is 0.151 e. The smallest absolute Gasteiger partial charge is 0.151 e. The molecule has 1 atom stereocenters. The summed E-state index contributed by atoms with van der Waals surface area (Å²) in [4.78, 5) is 10.2. The van der Waals surface area contributed by atoms with Crippen molar-refractivity contribution in [3.63, 3.8) is 0 Å². The lowest BCUT2D eigenvalue weighted by molar-refractivity contribution is 0.582. The standard InChI is InChI=1S/C23H32N4OS/c1-4-5-14-20-26-21-22(17(2)18(3)25-23(21)24)27(20)15-10-7-11-16-29(28)19-12-8-6-9-13-19/h6,8-9,12-13H,4-5,7,10-11,14-16H2,1-3H3,(H2,24,25). The highest BCUT2D eigenvalue weighted by Crippen LogP contribution is 2.27. The Kier molecular flexibility index (Phi) is 7.42. The summed E-state index contributed by atoms with van der Waals surface area (Å²) in [6.07, 6.45) is 6.26. The maximum atomic E-state index is 12.4. The zero-order chi connectivity index (χ0) is 20.8. The van der Waals surface area contributed by atoms with Crippen molar-refractivity contribution in [1.82, 2.24) is 14.5 Å². The zero-order valence-electron chi connectivity index (χ0n) is 17.8. The van der Waals surface area contributed by atoms with Gasteiger partial charge in [0.05, 0.1) is 16.3 Å². The highest BCUT2D eigenvalue weighted by Gasteiger charge is 2.17. The third kappa shape index (κ3) is 5.04. The average molecular weight is 413 g/mol. The number of nitrogens with zero attached hydrogens (tertiary/aromatic N) is 3. The number of pyridine rings is 1. The predicted octanol–water partition coefficient (Wildman–Crippen LogP) is 4.95. The first-order valence-corrected chi connectivity index (χ1v) is 11.9. The second-order valence-electron chi connectivity index (χ2n) is 7.61. The van der Waals surface area contributed by atoms with Gasteiger partial charge in [-0.2, -0.15) is 0 Å². The molecule has 0 fully saturated rings. The molecule has 0 saturated heterocycles. The van der Waals surface area contributed by atoms with Crippen molar-refractivity contribution in [2.75, 3.05) is 11.5 Å². The Hall–Kier alpha value is -2.21. The van der Waals surface area contributed by atoms with Crippen molar-refractivity contribution in [1.29, 1.82) is 0 Å². The van der Waals surface area contributed by atoms with Gasteiger partial charge in [-0.25, -0.2) is 9.97 Å². The van der Waals surface area contributed by atoms with E-state index >= 15 is 0 Å². The minimum absolute atomic E-state index is 0.526. The van der Waals surface area contributed by atoms with Crippen molar-refractivity contribution >= 4 is 27.7 Å². The van der Waals surface area contributed by atoms with E-state index in [-0.39, 0.29) is 0 Å². The molecular weight excluding hydrogens is 380 g/mol. The third-order valence-electron chi connectivity index (χ3n) is 5.45. The number of aryl methyl sites for hydroxylation is 4. The van der Waals surface area contributed by atoms with Gasteiger partial charge in [-0.15, -0.1) is 0 Å². The van der Waals surface area contributed by atoms with E-state index in [4.69, 9.17) is 10.7 Å². The Balaban J connectivity index is 1.67. The lowest BCUT2D eigenvalue weighted by Gasteiger charge is -2.12. The molecule has 0 bridgehead atoms. The van der Waals surface area contributed by atoms with Crippen LogP contribution in [0.25, 0.3) is 11.0 Å². The highest BCUT2D eigenvalue weighted by atomic mass is 32.2. The van der Waals surface area contributed by atoms with E-state index in [1.807, 2.05) is 37.3 Å². The van der Waals surface area contributed by atoms with Crippen molar-refractivity contribution in [2.45, 2.75) is 70.7 Å². The van der Waals surface area contributed by atoms with Gasteiger partial charge in [0.2, 0.25) is 0 Å². The number of rotatable bonds is 10. The molecular formula is C23H32N4OS. The number of nitrogens with two attached hydrogens (primary N) is 1. The first-order valence-electron chi connectivity index (χ1n) is 10.6. The van der Waals surface area contributed by atoms with Gasteiger partial charge < -0.3 is 10.3 Å². The van der Waals surface area contributed by atoms with E-state index in [9.17, 15) is 4.21 Å². The second-order valence-corrected chi connectivity index (χ2v) is 9.18. The molecule has 5 nitrogen and oxygen atoms in total. The lowest BCUT2D eigenvalue weighted by atomic mass is 10.1. The maximum absolute atomic E-state index is 12.4. The molecule has 2 N–H and O–H groups in total. The molecule has 0 aliphatic carbocycles. The van der Waals surface area contributed by atoms with Gasteiger partial charge in [-0.1, -0.05) is 38.0 Å². The SMILES string of the molecule is CCCCc1nc2c(N)nc(C)c(C)c2n1CCCCCS(=O)c1ccccc1. The average Bonchev–Trinajstić information content (AvgIpc) is 3.10. The van der Waals surface area contributed by atoms with Crippen molar-refractivity contribution in [2.24, 2.45) is 0 Å². The number of unbranched alkanes of at least 4 members (excludes halogenated alkanes) is 3. The molecule has 0 saturated carbocycles. The van der Waals surface area contributed by atoms with Crippen LogP contribution in [0.5, 0.6) is 0 Å². The summed E-state index contributed by atoms with van der Waals surface area (Å²) in [7, 11) is -0.908. The molecule has 1 unspecified atom stereocenters. The van der Waals surface area contributed by atoms with E-state index in [1.165, 1.54) is 0 Å². The molecule has 3 rings (SSSR count). The molecule has 156 valence electrons. The van der Waals surface area contributed by atoms with Crippen LogP contribution in [0, 0.1) is 13.8 Å². The van der Waals surface area contributed by atoms with E-state index < -0.39 is 10.8 Å². The van der Waals surface area contributed by atoms with Crippen LogP contribution < -0.4 is 5.73 Å². The Labute approximate surface area is 176 Å². The fraction of sp³-hybridized carbons (Fsp3) is 0.478. The number of imidazole rings is 1. The summed E-state index contributed by atoms with van der Waals surface area (Å²) < 4.78 is 14.7. The molecule has 0 spiro atoms. The van der Waals surface area contributed by atoms with Crippen molar-refractivity contribution in [3.05, 3.63) is 47.4 Å². The number of aromatic nitrogens is 3. The quantitative estimate of drug-likeness (QED) is 0.478. The van der Waals surface area contributed by atoms with Gasteiger partial charge in [0.1, 0.15) is 11.3 Å². The molecule has 0 aliphatic heterocycles. The van der Waals surface area contributed by atoms with E-state index in [1.54, 1.807) is 0 Å². The largest absolute Gasteiger partial charge is 0.382 e. The van der Waals surface area contributed by atoms with E-state index in [0.717, 1.165) is 78.1 Å². The van der Waals surface area contributed by atoms with Gasteiger partial charge in [0.25, 0.3) is 0 Å². The van der Waals surface area contributed by atoms with Gasteiger partial charge >= 0.3 is 0 Å². The Morgan fingerprint density at radius 3 is 2.52 bits per heavy atom. The summed E-state index contributed by atoms with van der Waals surface area (Å²) in [6.45, 7) is 7.23. The Morgan fingerprint density at radius 2 is 1.79 bits per heavy atom. The molecule has 0 amide bonds. The Bertz CT molecular complexity index is 982. The summed E-state index contributed by atoms with van der Waals surface area (Å²) in [5.74, 6) is 2.35. The molecule has 29 heavy (non-hydrogen) atoms. The van der Waals surface area contributed by atoms with Gasteiger partial charge in [0.15, 0.2) is 5.82 Å². The summed E-state index contributed by atoms with van der Waals surface area (Å²) in [6, 6.07) is 9.73. The lowest BCUT2D eigenvalue weighted by Crippen LogP contribution is -2.07. The topological polar surface area (TPSA) is 73.8 Å². The van der Waals surface area contributed by atoms with Crippen LogP contribution in [0.1, 0.15) is 56.1 Å². The minimum Gasteiger partial charge on any atom is -0.382 e. The number of hydrogen-bond acceptors (Lipinski definition) is 4. The second kappa shape index (κ2) is 10.0. The zero-order valence-corrected chi connectivity index (χ0v) is 18.6. The molecule has 3 aromatic rings. The minimum atomic E-state index is -0.908. The monoisotopic (exact) mass is 412 g/mol. The van der Waals surface area contributed by atoms with Crippen molar-refractivity contribution in [3.8, 4) is 0 Å². The van der Waals surface area contributed by atoms with Crippen molar-refractivity contribution < 1.29 is 4.21 Å². The van der Waals surface area contributed by atoms with E-state index in [2.05, 4.69) is 23.4 Å². The highest BCUT2D eigenvalue weighted by molar-refractivity contribution is 7.85. The van der Waals surface area contributed by atoms with Gasteiger partial charge in [-0.3, -0.25) is 4.21 Å². The predicted molar refractivity (Wildman–Crippen MR) is 122 cm³/mol. The van der Waals surface area contributed by atoms with E-state index in [0.29, 0.717) is 11.6 Å². The number of nitrogen functional groups attached to an aromatic ring is 1. The van der Waals surface area contributed by atoms with Gasteiger partial charge in [-0.05, 0) is 50.8 Å².